The lowest BCUT2D eigenvalue weighted by atomic mass is 10.1. The molecule has 0 saturated heterocycles. The van der Waals surface area contributed by atoms with Crippen molar-refractivity contribution in [3.05, 3.63) is 29.1 Å². The predicted molar refractivity (Wildman–Crippen MR) is 91.1 cm³/mol. The molecule has 0 aromatic carbocycles. The fraction of sp³-hybridized carbons (Fsp3) is 0.462. The van der Waals surface area contributed by atoms with Crippen LogP contribution in [0.5, 0.6) is 0 Å². The number of nitrogens with zero attached hydrogens (tertiary/aromatic N) is 1. The number of aryl methyl sites for hydroxylation is 1. The first-order valence-electron chi connectivity index (χ1n) is 7.39. The number of hydrogen-bond donors (Lipinski definition) is 4. The van der Waals surface area contributed by atoms with E-state index in [1.165, 1.54) is 12.1 Å². The Morgan fingerprint density at radius 3 is 1.62 bits per heavy atom. The third kappa shape index (κ3) is 8.33. The number of amides is 2. The van der Waals surface area contributed by atoms with Gasteiger partial charge < -0.3 is 10.6 Å². The molecule has 11 nitrogen and oxygen atoms in total. The van der Waals surface area contributed by atoms with E-state index >= 15 is 0 Å². The molecule has 0 radical (unpaired) electrons. The van der Waals surface area contributed by atoms with Crippen LogP contribution in [0.3, 0.4) is 0 Å². The molecule has 2 amide bonds. The van der Waals surface area contributed by atoms with Crippen LogP contribution in [0, 0.1) is 0 Å². The van der Waals surface area contributed by atoms with Gasteiger partial charge in [-0.05, 0) is 24.1 Å². The average molecular weight is 409 g/mol. The van der Waals surface area contributed by atoms with E-state index in [2.05, 4.69) is 15.6 Å². The molecule has 0 aliphatic rings. The third-order valence-electron chi connectivity index (χ3n) is 3.05. The van der Waals surface area contributed by atoms with E-state index in [0.29, 0.717) is 12.0 Å². The first kappa shape index (κ1) is 22.0. The molecule has 0 saturated carbocycles. The van der Waals surface area contributed by atoms with Crippen LogP contribution in [0.15, 0.2) is 12.1 Å². The Morgan fingerprint density at radius 1 is 0.923 bits per heavy atom. The third-order valence-corrected chi connectivity index (χ3v) is 4.49. The highest BCUT2D eigenvalue weighted by atomic mass is 32.2. The number of aromatic nitrogens is 1. The Bertz CT molecular complexity index is 812. The highest BCUT2D eigenvalue weighted by Gasteiger charge is 2.16. The number of pyridine rings is 1. The smallest absolute Gasteiger partial charge is 0.269 e. The summed E-state index contributed by atoms with van der Waals surface area (Å²) in [5.74, 6) is -2.82. The maximum absolute atomic E-state index is 12.0. The minimum Gasteiger partial charge on any atom is -0.350 e. The standard InChI is InChI=1S/C13H19N3O8S2/c1-2-9-7-10(12(17)14-3-5-25(19,20)21)16-11(8-9)13(18)15-4-6-26(22,23)24/h7-8H,2-6H2,1H3,(H,14,17)(H,15,18)(H,19,20,21)(H,22,23,24). The van der Waals surface area contributed by atoms with Gasteiger partial charge in [0.15, 0.2) is 0 Å². The second kappa shape index (κ2) is 9.02. The Hall–Kier alpha value is -2.09. The van der Waals surface area contributed by atoms with Crippen molar-refractivity contribution in [2.45, 2.75) is 13.3 Å². The second-order valence-electron chi connectivity index (χ2n) is 5.18. The van der Waals surface area contributed by atoms with Crippen molar-refractivity contribution in [3.8, 4) is 0 Å². The summed E-state index contributed by atoms with van der Waals surface area (Å²) in [6, 6.07) is 2.83. The molecular weight excluding hydrogens is 390 g/mol. The van der Waals surface area contributed by atoms with Crippen LogP contribution >= 0.6 is 0 Å². The van der Waals surface area contributed by atoms with E-state index in [-0.39, 0.29) is 24.5 Å². The van der Waals surface area contributed by atoms with Gasteiger partial charge in [0.25, 0.3) is 32.1 Å². The van der Waals surface area contributed by atoms with Crippen LogP contribution in [-0.2, 0) is 26.7 Å². The molecule has 0 atom stereocenters. The van der Waals surface area contributed by atoms with Crippen molar-refractivity contribution in [1.29, 1.82) is 0 Å². The summed E-state index contributed by atoms with van der Waals surface area (Å²) in [7, 11) is -8.46. The minimum absolute atomic E-state index is 0.139. The van der Waals surface area contributed by atoms with Gasteiger partial charge in [0, 0.05) is 13.1 Å². The summed E-state index contributed by atoms with van der Waals surface area (Å²) in [4.78, 5) is 27.9. The Kier molecular flexibility index (Phi) is 7.62. The van der Waals surface area contributed by atoms with Crippen LogP contribution in [0.1, 0.15) is 33.5 Å². The van der Waals surface area contributed by atoms with Gasteiger partial charge in [0.1, 0.15) is 11.4 Å². The summed E-state index contributed by atoms with van der Waals surface area (Å²) >= 11 is 0. The van der Waals surface area contributed by atoms with Gasteiger partial charge in [-0.15, -0.1) is 0 Å². The zero-order valence-electron chi connectivity index (χ0n) is 13.8. The summed E-state index contributed by atoms with van der Waals surface area (Å²) in [6.07, 6.45) is 0.471. The van der Waals surface area contributed by atoms with Crippen LogP contribution in [0.2, 0.25) is 0 Å². The lowest BCUT2D eigenvalue weighted by molar-refractivity contribution is 0.0947. The Morgan fingerprint density at radius 2 is 1.31 bits per heavy atom. The summed E-state index contributed by atoms with van der Waals surface area (Å²) < 4.78 is 59.8. The van der Waals surface area contributed by atoms with Gasteiger partial charge in [-0.25, -0.2) is 4.98 Å². The van der Waals surface area contributed by atoms with Crippen molar-refractivity contribution >= 4 is 32.1 Å². The van der Waals surface area contributed by atoms with E-state index in [0.717, 1.165) is 0 Å². The van der Waals surface area contributed by atoms with E-state index in [1.807, 2.05) is 0 Å². The summed E-state index contributed by atoms with van der Waals surface area (Å²) in [5, 5.41) is 4.50. The first-order chi connectivity index (χ1) is 11.9. The molecule has 13 heteroatoms. The number of carbonyl (C=O) groups excluding carboxylic acids is 2. The molecule has 1 aromatic heterocycles. The molecule has 0 aliphatic carbocycles. The predicted octanol–water partition coefficient (Wildman–Crippen LogP) is -1.12. The largest absolute Gasteiger partial charge is 0.350 e. The normalized spacial score (nSPS) is 11.8. The first-order valence-corrected chi connectivity index (χ1v) is 10.6. The van der Waals surface area contributed by atoms with Crippen molar-refractivity contribution in [2.75, 3.05) is 24.6 Å². The molecule has 0 bridgehead atoms. The Balaban J connectivity index is 2.86. The highest BCUT2D eigenvalue weighted by Crippen LogP contribution is 2.08. The second-order valence-corrected chi connectivity index (χ2v) is 8.33. The molecule has 1 heterocycles. The zero-order valence-corrected chi connectivity index (χ0v) is 15.4. The molecule has 146 valence electrons. The van der Waals surface area contributed by atoms with Gasteiger partial charge in [0.2, 0.25) is 0 Å². The Labute approximate surface area is 150 Å². The fourth-order valence-electron chi connectivity index (χ4n) is 1.79. The molecule has 0 aliphatic heterocycles. The lowest BCUT2D eigenvalue weighted by Crippen LogP contribution is -2.32. The van der Waals surface area contributed by atoms with E-state index in [9.17, 15) is 26.4 Å². The van der Waals surface area contributed by atoms with E-state index in [1.54, 1.807) is 6.92 Å². The monoisotopic (exact) mass is 409 g/mol. The topological polar surface area (TPSA) is 180 Å². The van der Waals surface area contributed by atoms with Crippen molar-refractivity contribution in [3.63, 3.8) is 0 Å². The molecule has 1 aromatic rings. The fourth-order valence-corrected chi connectivity index (χ4v) is 2.51. The number of hydrogen-bond acceptors (Lipinski definition) is 7. The van der Waals surface area contributed by atoms with Crippen LogP contribution in [0.4, 0.5) is 0 Å². The molecule has 0 spiro atoms. The molecule has 0 unspecified atom stereocenters. The van der Waals surface area contributed by atoms with Crippen molar-refractivity contribution in [1.82, 2.24) is 15.6 Å². The minimum atomic E-state index is -4.23. The number of carbonyl (C=O) groups is 2. The molecule has 0 fully saturated rings. The van der Waals surface area contributed by atoms with Gasteiger partial charge >= 0.3 is 0 Å². The molecular formula is C13H19N3O8S2. The summed E-state index contributed by atoms with van der Waals surface area (Å²) in [6.45, 7) is 1.09. The lowest BCUT2D eigenvalue weighted by Gasteiger charge is -2.09. The molecule has 1 rings (SSSR count). The SMILES string of the molecule is CCc1cc(C(=O)NCCS(=O)(=O)O)nc(C(=O)NCCS(=O)(=O)O)c1. The van der Waals surface area contributed by atoms with Gasteiger partial charge in [-0.1, -0.05) is 6.92 Å². The number of rotatable bonds is 9. The molecule has 4 N–H and O–H groups in total. The molecule has 26 heavy (non-hydrogen) atoms. The van der Waals surface area contributed by atoms with E-state index < -0.39 is 43.6 Å². The van der Waals surface area contributed by atoms with Gasteiger partial charge in [-0.3, -0.25) is 18.7 Å². The highest BCUT2D eigenvalue weighted by molar-refractivity contribution is 7.86. The average Bonchev–Trinajstić information content (AvgIpc) is 2.51. The quantitative estimate of drug-likeness (QED) is 0.367. The van der Waals surface area contributed by atoms with Gasteiger partial charge in [-0.2, -0.15) is 16.8 Å². The van der Waals surface area contributed by atoms with Crippen LogP contribution in [-0.4, -0.2) is 67.3 Å². The van der Waals surface area contributed by atoms with Crippen LogP contribution in [0.25, 0.3) is 0 Å². The van der Waals surface area contributed by atoms with Gasteiger partial charge in [0.05, 0.1) is 11.5 Å². The maximum Gasteiger partial charge on any atom is 0.269 e. The summed E-state index contributed by atoms with van der Waals surface area (Å²) in [5.41, 5.74) is 0.319. The maximum atomic E-state index is 12.0. The van der Waals surface area contributed by atoms with E-state index in [4.69, 9.17) is 9.11 Å². The van der Waals surface area contributed by atoms with Crippen LogP contribution < -0.4 is 10.6 Å². The van der Waals surface area contributed by atoms with Crippen molar-refractivity contribution < 1.29 is 35.5 Å². The number of nitrogens with one attached hydrogen (secondary N) is 2. The van der Waals surface area contributed by atoms with Crippen molar-refractivity contribution in [2.24, 2.45) is 0 Å². The zero-order chi connectivity index (χ0) is 20.0.